The zero-order chi connectivity index (χ0) is 10.4. The molecular formula is C9H11N4O+. The third-order valence-corrected chi connectivity index (χ3v) is 1.50. The van der Waals surface area contributed by atoms with E-state index in [1.54, 1.807) is 30.5 Å². The zero-order valence-electron chi connectivity index (χ0n) is 7.47. The summed E-state index contributed by atoms with van der Waals surface area (Å²) in [6.45, 7) is 0. The number of guanidine groups is 1. The van der Waals surface area contributed by atoms with Crippen LogP contribution in [-0.4, -0.2) is 18.5 Å². The Bertz CT molecular complexity index is 363. The lowest BCUT2D eigenvalue weighted by Crippen LogP contribution is -2.63. The summed E-state index contributed by atoms with van der Waals surface area (Å²) in [6, 6.07) is 6.96. The first-order valence-corrected chi connectivity index (χ1v) is 3.95. The van der Waals surface area contributed by atoms with Gasteiger partial charge in [0.15, 0.2) is 0 Å². The van der Waals surface area contributed by atoms with E-state index in [1.807, 2.05) is 0 Å². The molecule has 1 rings (SSSR count). The van der Waals surface area contributed by atoms with Crippen molar-refractivity contribution in [2.75, 3.05) is 0 Å². The van der Waals surface area contributed by atoms with Gasteiger partial charge in [0, 0.05) is 16.2 Å². The van der Waals surface area contributed by atoms with Gasteiger partial charge in [-0.3, -0.25) is 4.79 Å². The van der Waals surface area contributed by atoms with Gasteiger partial charge < -0.3 is 11.5 Å². The molecule has 1 aromatic carbocycles. The molecule has 0 saturated heterocycles. The Morgan fingerprint density at radius 1 is 1.21 bits per heavy atom. The number of hydrogen-bond donors (Lipinski definition) is 3. The fourth-order valence-corrected chi connectivity index (χ4v) is 0.852. The third kappa shape index (κ3) is 3.06. The van der Waals surface area contributed by atoms with Crippen molar-refractivity contribution in [3.8, 4) is 0 Å². The molecule has 0 unspecified atom stereocenters. The van der Waals surface area contributed by atoms with Crippen LogP contribution in [0.5, 0.6) is 0 Å². The monoisotopic (exact) mass is 191 g/mol. The number of hydrazone groups is 1. The molecule has 5 heteroatoms. The van der Waals surface area contributed by atoms with Crippen molar-refractivity contribution >= 4 is 18.5 Å². The average Bonchev–Trinajstić information content (AvgIpc) is 2.18. The van der Waals surface area contributed by atoms with E-state index in [9.17, 15) is 4.79 Å². The first-order chi connectivity index (χ1) is 6.72. The number of carbonyl (C=O) groups is 1. The highest BCUT2D eigenvalue weighted by Crippen LogP contribution is 1.97. The SMILES string of the molecule is NC(N)=N[NH+]=Cc1ccc(C=O)cc1. The van der Waals surface area contributed by atoms with Gasteiger partial charge in [-0.25, -0.2) is 0 Å². The molecule has 0 aromatic heterocycles. The number of benzene rings is 1. The molecule has 5 nitrogen and oxygen atoms in total. The third-order valence-electron chi connectivity index (χ3n) is 1.50. The van der Waals surface area contributed by atoms with Crippen LogP contribution in [0.25, 0.3) is 0 Å². The highest BCUT2D eigenvalue weighted by molar-refractivity contribution is 5.80. The Morgan fingerprint density at radius 2 is 1.79 bits per heavy atom. The number of nitrogens with one attached hydrogen (secondary N) is 1. The summed E-state index contributed by atoms with van der Waals surface area (Å²) in [5, 5.41) is 6.12. The first-order valence-electron chi connectivity index (χ1n) is 3.95. The minimum absolute atomic E-state index is 0.0363. The second-order valence-corrected chi connectivity index (χ2v) is 2.59. The topological polar surface area (TPSA) is 95.4 Å². The van der Waals surface area contributed by atoms with Crippen LogP contribution in [-0.2, 0) is 0 Å². The molecule has 0 bridgehead atoms. The van der Waals surface area contributed by atoms with E-state index in [0.29, 0.717) is 5.56 Å². The average molecular weight is 191 g/mol. The predicted molar refractivity (Wildman–Crippen MR) is 53.8 cm³/mol. The minimum atomic E-state index is -0.0363. The summed E-state index contributed by atoms with van der Waals surface area (Å²) < 4.78 is 0. The number of rotatable bonds is 3. The second-order valence-electron chi connectivity index (χ2n) is 2.59. The highest BCUT2D eigenvalue weighted by atomic mass is 16.1. The predicted octanol–water partition coefficient (Wildman–Crippen LogP) is -1.81. The van der Waals surface area contributed by atoms with Crippen LogP contribution in [0.2, 0.25) is 0 Å². The van der Waals surface area contributed by atoms with Gasteiger partial charge in [-0.05, 0) is 12.1 Å². The molecule has 0 aliphatic heterocycles. The Kier molecular flexibility index (Phi) is 3.37. The Morgan fingerprint density at radius 3 is 2.29 bits per heavy atom. The van der Waals surface area contributed by atoms with E-state index in [1.165, 1.54) is 0 Å². The van der Waals surface area contributed by atoms with Gasteiger partial charge in [0.2, 0.25) is 6.21 Å². The lowest BCUT2D eigenvalue weighted by atomic mass is 10.2. The fraction of sp³-hybridized carbons (Fsp3) is 0. The molecule has 0 amide bonds. The molecular weight excluding hydrogens is 180 g/mol. The molecule has 0 atom stereocenters. The maximum atomic E-state index is 10.3. The molecule has 14 heavy (non-hydrogen) atoms. The summed E-state index contributed by atoms with van der Waals surface area (Å²) in [5.74, 6) is -0.0363. The van der Waals surface area contributed by atoms with Crippen molar-refractivity contribution < 1.29 is 9.90 Å². The lowest BCUT2D eigenvalue weighted by molar-refractivity contribution is -0.456. The Labute approximate surface area is 81.1 Å². The standard InChI is InChI=1S/C9H10N4O/c10-9(11)13-12-5-7-1-3-8(6-14)4-2-7/h1-6H,(H4,10,11,13)/p+1. The highest BCUT2D eigenvalue weighted by Gasteiger charge is 1.92. The molecule has 5 N–H and O–H groups in total. The van der Waals surface area contributed by atoms with E-state index < -0.39 is 0 Å². The molecule has 0 fully saturated rings. The summed E-state index contributed by atoms with van der Waals surface area (Å²) in [6.07, 6.45) is 2.40. The van der Waals surface area contributed by atoms with Gasteiger partial charge in [-0.15, -0.1) is 5.10 Å². The Balaban J connectivity index is 2.73. The number of nitrogens with two attached hydrogens (primary N) is 2. The van der Waals surface area contributed by atoms with Crippen LogP contribution >= 0.6 is 0 Å². The summed E-state index contributed by atoms with van der Waals surface area (Å²) in [4.78, 5) is 10.3. The quantitative estimate of drug-likeness (QED) is 0.227. The molecule has 0 aliphatic carbocycles. The van der Waals surface area contributed by atoms with Crippen LogP contribution in [0.3, 0.4) is 0 Å². The van der Waals surface area contributed by atoms with E-state index in [-0.39, 0.29) is 5.96 Å². The van der Waals surface area contributed by atoms with E-state index in [4.69, 9.17) is 11.5 Å². The number of carbonyl (C=O) groups excluding carboxylic acids is 1. The van der Waals surface area contributed by atoms with Crippen LogP contribution in [0.15, 0.2) is 29.4 Å². The fourth-order valence-electron chi connectivity index (χ4n) is 0.852. The van der Waals surface area contributed by atoms with Crippen LogP contribution in [0.4, 0.5) is 0 Å². The number of aldehydes is 1. The van der Waals surface area contributed by atoms with Crippen molar-refractivity contribution in [2.45, 2.75) is 0 Å². The van der Waals surface area contributed by atoms with Crippen LogP contribution < -0.4 is 16.6 Å². The van der Waals surface area contributed by atoms with Gasteiger partial charge in [0.25, 0.3) is 5.96 Å². The van der Waals surface area contributed by atoms with Gasteiger partial charge in [0.05, 0.1) is 0 Å². The summed E-state index contributed by atoms with van der Waals surface area (Å²) in [5.41, 5.74) is 11.7. The van der Waals surface area contributed by atoms with Crippen molar-refractivity contribution in [2.24, 2.45) is 16.6 Å². The number of hydrogen-bond acceptors (Lipinski definition) is 2. The summed E-state index contributed by atoms with van der Waals surface area (Å²) in [7, 11) is 0. The largest absolute Gasteiger partial charge is 0.365 e. The maximum Gasteiger partial charge on any atom is 0.256 e. The van der Waals surface area contributed by atoms with Crippen LogP contribution in [0, 0.1) is 0 Å². The molecule has 1 aromatic rings. The lowest BCUT2D eigenvalue weighted by Gasteiger charge is -1.88. The molecule has 0 spiro atoms. The smallest absolute Gasteiger partial charge is 0.256 e. The van der Waals surface area contributed by atoms with E-state index in [0.717, 1.165) is 11.8 Å². The van der Waals surface area contributed by atoms with Crippen molar-refractivity contribution in [1.82, 2.24) is 0 Å². The van der Waals surface area contributed by atoms with Gasteiger partial charge in [-0.2, -0.15) is 0 Å². The number of nitrogens with zero attached hydrogens (tertiary/aromatic N) is 1. The molecule has 0 saturated carbocycles. The molecule has 0 heterocycles. The van der Waals surface area contributed by atoms with Gasteiger partial charge in [-0.1, -0.05) is 12.1 Å². The van der Waals surface area contributed by atoms with Crippen molar-refractivity contribution in [3.63, 3.8) is 0 Å². The normalized spacial score (nSPS) is 10.0. The molecule has 72 valence electrons. The van der Waals surface area contributed by atoms with E-state index >= 15 is 0 Å². The van der Waals surface area contributed by atoms with Gasteiger partial charge in [0.1, 0.15) is 6.29 Å². The van der Waals surface area contributed by atoms with Crippen molar-refractivity contribution in [1.29, 1.82) is 0 Å². The van der Waals surface area contributed by atoms with Crippen molar-refractivity contribution in [3.05, 3.63) is 35.4 Å². The van der Waals surface area contributed by atoms with Gasteiger partial charge >= 0.3 is 0 Å². The molecule has 0 aliphatic rings. The van der Waals surface area contributed by atoms with Crippen LogP contribution in [0.1, 0.15) is 15.9 Å². The maximum absolute atomic E-state index is 10.3. The van der Waals surface area contributed by atoms with E-state index in [2.05, 4.69) is 10.2 Å². The molecule has 0 radical (unpaired) electrons. The summed E-state index contributed by atoms with van der Waals surface area (Å²) >= 11 is 0. The Hall–Kier alpha value is -2.17. The minimum Gasteiger partial charge on any atom is -0.365 e. The first kappa shape index (κ1) is 9.91. The second kappa shape index (κ2) is 4.76. The zero-order valence-corrected chi connectivity index (χ0v) is 7.47.